The molecule has 10 heteroatoms. The standard InChI is InChI=1S/C26H30ClFN4O4/c1-26(2,24(33)34)16-4-6-17(7-5-16)36-25-29-20-14-18(27)22(30-23(20)31-25)15-3-8-21(19(28)13-15)32-9-11-35-12-10-32/h3,8,13-14,16-17H,4-7,9-12H2,1-2H3,(H,33,34)(H,29,30,31). The SMILES string of the molecule is CC(C)(C(=O)O)C1CCC(Oc2nc3nc(-c4ccc(N5CCOCC5)c(F)c4)c(Cl)cc3[nH]2)CC1. The number of carboxylic acid groups (broad SMARTS) is 1. The van der Waals surface area contributed by atoms with Crippen molar-refractivity contribution in [3.05, 3.63) is 35.1 Å². The summed E-state index contributed by atoms with van der Waals surface area (Å²) in [6, 6.07) is 7.08. The predicted molar refractivity (Wildman–Crippen MR) is 135 cm³/mol. The first-order chi connectivity index (χ1) is 17.2. The molecule has 1 aromatic carbocycles. The number of morpholine rings is 1. The number of carboxylic acids is 1. The minimum Gasteiger partial charge on any atom is -0.481 e. The lowest BCUT2D eigenvalue weighted by Crippen LogP contribution is -2.37. The lowest BCUT2D eigenvalue weighted by Gasteiger charge is -2.36. The highest BCUT2D eigenvalue weighted by atomic mass is 35.5. The minimum atomic E-state index is -0.765. The molecule has 2 N–H and O–H groups in total. The van der Waals surface area contributed by atoms with Crippen molar-refractivity contribution in [2.24, 2.45) is 11.3 Å². The van der Waals surface area contributed by atoms with Crippen molar-refractivity contribution < 1.29 is 23.8 Å². The first-order valence-electron chi connectivity index (χ1n) is 12.3. The van der Waals surface area contributed by atoms with Crippen molar-refractivity contribution in [1.82, 2.24) is 15.0 Å². The highest BCUT2D eigenvalue weighted by molar-refractivity contribution is 6.33. The molecule has 3 heterocycles. The van der Waals surface area contributed by atoms with Crippen molar-refractivity contribution in [2.75, 3.05) is 31.2 Å². The number of H-pyrrole nitrogens is 1. The maximum atomic E-state index is 14.9. The van der Waals surface area contributed by atoms with E-state index >= 15 is 0 Å². The molecule has 0 radical (unpaired) electrons. The Bertz CT molecular complexity index is 1270. The van der Waals surface area contributed by atoms with Gasteiger partial charge in [-0.2, -0.15) is 4.98 Å². The lowest BCUT2D eigenvalue weighted by molar-refractivity contribution is -0.151. The Morgan fingerprint density at radius 3 is 2.58 bits per heavy atom. The minimum absolute atomic E-state index is 0.0526. The fraction of sp³-hybridized carbons (Fsp3) is 0.500. The summed E-state index contributed by atoms with van der Waals surface area (Å²) in [5.74, 6) is -0.984. The zero-order valence-corrected chi connectivity index (χ0v) is 21.1. The number of aromatic nitrogens is 3. The zero-order valence-electron chi connectivity index (χ0n) is 20.4. The zero-order chi connectivity index (χ0) is 25.4. The number of fused-ring (bicyclic) bond motifs is 1. The number of rotatable bonds is 6. The van der Waals surface area contributed by atoms with Crippen molar-refractivity contribution in [1.29, 1.82) is 0 Å². The van der Waals surface area contributed by atoms with Gasteiger partial charge in [0.05, 0.1) is 40.5 Å². The van der Waals surface area contributed by atoms with Crippen LogP contribution in [0, 0.1) is 17.2 Å². The third-order valence-corrected chi connectivity index (χ3v) is 7.79. The van der Waals surface area contributed by atoms with Gasteiger partial charge in [-0.05, 0) is 63.6 Å². The molecule has 8 nitrogen and oxygen atoms in total. The van der Waals surface area contributed by atoms with E-state index in [9.17, 15) is 14.3 Å². The molecule has 0 spiro atoms. The molecule has 1 aliphatic heterocycles. The van der Waals surface area contributed by atoms with Crippen molar-refractivity contribution >= 4 is 34.4 Å². The van der Waals surface area contributed by atoms with Crippen molar-refractivity contribution in [3.63, 3.8) is 0 Å². The van der Waals surface area contributed by atoms with Crippen LogP contribution in [0.3, 0.4) is 0 Å². The molecule has 0 bridgehead atoms. The van der Waals surface area contributed by atoms with E-state index in [4.69, 9.17) is 21.1 Å². The number of pyridine rings is 1. The van der Waals surface area contributed by atoms with Crippen LogP contribution in [0.25, 0.3) is 22.4 Å². The average molecular weight is 517 g/mol. The Morgan fingerprint density at radius 2 is 1.92 bits per heavy atom. The maximum absolute atomic E-state index is 14.9. The Morgan fingerprint density at radius 1 is 1.19 bits per heavy atom. The number of benzene rings is 1. The van der Waals surface area contributed by atoms with E-state index in [1.807, 2.05) is 11.0 Å². The molecule has 0 atom stereocenters. The third kappa shape index (κ3) is 4.86. The highest BCUT2D eigenvalue weighted by Crippen LogP contribution is 2.39. The molecule has 2 aromatic heterocycles. The van der Waals surface area contributed by atoms with Crippen LogP contribution < -0.4 is 9.64 Å². The van der Waals surface area contributed by atoms with Crippen LogP contribution in [0.4, 0.5) is 10.1 Å². The molecule has 192 valence electrons. The van der Waals surface area contributed by atoms with Gasteiger partial charge in [-0.15, -0.1) is 0 Å². The Labute approximate surface area is 213 Å². The largest absolute Gasteiger partial charge is 0.481 e. The summed E-state index contributed by atoms with van der Waals surface area (Å²) in [5, 5.41) is 9.88. The van der Waals surface area contributed by atoms with Crippen molar-refractivity contribution in [3.8, 4) is 17.3 Å². The Hall–Kier alpha value is -2.91. The molecule has 3 aromatic rings. The molecule has 1 saturated heterocycles. The van der Waals surface area contributed by atoms with Crippen molar-refractivity contribution in [2.45, 2.75) is 45.6 Å². The Kier molecular flexibility index (Phi) is 6.78. The highest BCUT2D eigenvalue weighted by Gasteiger charge is 2.39. The van der Waals surface area contributed by atoms with E-state index in [1.165, 1.54) is 6.07 Å². The number of hydrogen-bond donors (Lipinski definition) is 2. The summed E-state index contributed by atoms with van der Waals surface area (Å²) in [4.78, 5) is 25.7. The molecular weight excluding hydrogens is 487 g/mol. The second-order valence-electron chi connectivity index (χ2n) is 10.1. The molecule has 5 rings (SSSR count). The van der Waals surface area contributed by atoms with Crippen LogP contribution in [0.1, 0.15) is 39.5 Å². The fourth-order valence-corrected chi connectivity index (χ4v) is 5.36. The molecular formula is C26H30ClFN4O4. The molecule has 36 heavy (non-hydrogen) atoms. The number of ether oxygens (including phenoxy) is 2. The predicted octanol–water partition coefficient (Wildman–Crippen LogP) is 5.30. The summed E-state index contributed by atoms with van der Waals surface area (Å²) < 4.78 is 26.4. The number of nitrogens with zero attached hydrogens (tertiary/aromatic N) is 3. The lowest BCUT2D eigenvalue weighted by atomic mass is 9.70. The van der Waals surface area contributed by atoms with E-state index in [-0.39, 0.29) is 17.8 Å². The average Bonchev–Trinajstić information content (AvgIpc) is 3.25. The number of aliphatic carboxylic acids is 1. The number of halogens is 2. The topological polar surface area (TPSA) is 101 Å². The number of carbonyl (C=O) groups is 1. The van der Waals surface area contributed by atoms with Gasteiger partial charge in [0.2, 0.25) is 0 Å². The van der Waals surface area contributed by atoms with Gasteiger partial charge in [-0.1, -0.05) is 17.7 Å². The van der Waals surface area contributed by atoms with E-state index in [1.54, 1.807) is 26.0 Å². The normalized spacial score (nSPS) is 21.1. The number of aromatic amines is 1. The molecule has 0 amide bonds. The van der Waals surface area contributed by atoms with Crippen LogP contribution in [0.5, 0.6) is 6.01 Å². The molecule has 1 aliphatic carbocycles. The quantitative estimate of drug-likeness (QED) is 0.458. The van der Waals surface area contributed by atoms with E-state index < -0.39 is 11.4 Å². The van der Waals surface area contributed by atoms with Crippen LogP contribution in [0.2, 0.25) is 5.02 Å². The first-order valence-corrected chi connectivity index (χ1v) is 12.7. The smallest absolute Gasteiger partial charge is 0.309 e. The third-order valence-electron chi connectivity index (χ3n) is 7.50. The number of nitrogens with one attached hydrogen (secondary N) is 1. The van der Waals surface area contributed by atoms with E-state index in [0.717, 1.165) is 25.7 Å². The van der Waals surface area contributed by atoms with Gasteiger partial charge in [-0.3, -0.25) is 4.79 Å². The molecule has 2 aliphatic rings. The number of imidazole rings is 1. The molecule has 1 saturated carbocycles. The fourth-order valence-electron chi connectivity index (χ4n) is 5.10. The van der Waals surface area contributed by atoms with Gasteiger partial charge < -0.3 is 24.5 Å². The van der Waals surface area contributed by atoms with Gasteiger partial charge in [-0.25, -0.2) is 9.37 Å². The second kappa shape index (κ2) is 9.86. The summed E-state index contributed by atoms with van der Waals surface area (Å²) >= 11 is 6.52. The van der Waals surface area contributed by atoms with E-state index in [2.05, 4.69) is 15.0 Å². The summed E-state index contributed by atoms with van der Waals surface area (Å²) in [6.07, 6.45) is 3.02. The van der Waals surface area contributed by atoms with Gasteiger partial charge in [0.15, 0.2) is 5.65 Å². The van der Waals surface area contributed by atoms with Crippen LogP contribution in [-0.4, -0.2) is 58.4 Å². The van der Waals surface area contributed by atoms with E-state index in [0.29, 0.717) is 65.4 Å². The maximum Gasteiger partial charge on any atom is 0.309 e. The van der Waals surface area contributed by atoms with Gasteiger partial charge >= 0.3 is 5.97 Å². The van der Waals surface area contributed by atoms with Crippen LogP contribution >= 0.6 is 11.6 Å². The van der Waals surface area contributed by atoms with Crippen LogP contribution in [-0.2, 0) is 9.53 Å². The number of hydrogen-bond acceptors (Lipinski definition) is 6. The Balaban J connectivity index is 1.31. The summed E-state index contributed by atoms with van der Waals surface area (Å²) in [5.41, 5.74) is 1.87. The molecule has 0 unspecified atom stereocenters. The van der Waals surface area contributed by atoms with Gasteiger partial charge in [0.1, 0.15) is 11.9 Å². The van der Waals surface area contributed by atoms with Gasteiger partial charge in [0, 0.05) is 18.7 Å². The number of anilines is 1. The monoisotopic (exact) mass is 516 g/mol. The summed E-state index contributed by atoms with van der Waals surface area (Å²) in [6.45, 7) is 6.03. The second-order valence-corrected chi connectivity index (χ2v) is 10.5. The van der Waals surface area contributed by atoms with Crippen LogP contribution in [0.15, 0.2) is 24.3 Å². The molecule has 2 fully saturated rings. The first kappa shape index (κ1) is 24.8. The van der Waals surface area contributed by atoms with Gasteiger partial charge in [0.25, 0.3) is 6.01 Å². The summed E-state index contributed by atoms with van der Waals surface area (Å²) in [7, 11) is 0.